The van der Waals surface area contributed by atoms with Crippen LogP contribution in [0.3, 0.4) is 0 Å². The van der Waals surface area contributed by atoms with Crippen molar-refractivity contribution in [1.29, 1.82) is 0 Å². The van der Waals surface area contributed by atoms with E-state index in [2.05, 4.69) is 25.5 Å². The van der Waals surface area contributed by atoms with Crippen molar-refractivity contribution in [3.63, 3.8) is 0 Å². The molecule has 2 aromatic carbocycles. The summed E-state index contributed by atoms with van der Waals surface area (Å²) in [7, 11) is 0. The first-order chi connectivity index (χ1) is 13.2. The van der Waals surface area contributed by atoms with E-state index in [0.29, 0.717) is 5.82 Å². The average molecular weight is 375 g/mol. The Morgan fingerprint density at radius 3 is 2.52 bits per heavy atom. The Labute approximate surface area is 160 Å². The number of carbonyl (C=O) groups excluding carboxylic acids is 1. The molecule has 1 amide bonds. The van der Waals surface area contributed by atoms with Crippen LogP contribution in [0.1, 0.15) is 11.5 Å². The number of nitrogens with one attached hydrogen (secondary N) is 2. The van der Waals surface area contributed by atoms with E-state index in [4.69, 9.17) is 0 Å². The summed E-state index contributed by atoms with van der Waals surface area (Å²) in [6.07, 6.45) is 0.241. The summed E-state index contributed by atoms with van der Waals surface area (Å²) in [5.74, 6) is 1.31. The van der Waals surface area contributed by atoms with E-state index in [-0.39, 0.29) is 12.3 Å². The van der Waals surface area contributed by atoms with Gasteiger partial charge in [-0.3, -0.25) is 9.89 Å². The molecule has 0 fully saturated rings. The molecule has 27 heavy (non-hydrogen) atoms. The summed E-state index contributed by atoms with van der Waals surface area (Å²) < 4.78 is 0. The molecule has 2 aromatic heterocycles. The third-order valence-corrected chi connectivity index (χ3v) is 4.88. The lowest BCUT2D eigenvalue weighted by Gasteiger charge is -2.04. The van der Waals surface area contributed by atoms with Crippen molar-refractivity contribution in [2.45, 2.75) is 13.3 Å². The molecule has 4 rings (SSSR count). The van der Waals surface area contributed by atoms with Crippen LogP contribution in [0.25, 0.3) is 22.0 Å². The average Bonchev–Trinajstić information content (AvgIpc) is 3.32. The molecule has 0 saturated carbocycles. The summed E-state index contributed by atoms with van der Waals surface area (Å²) in [6.45, 7) is 1.85. The van der Waals surface area contributed by atoms with E-state index in [1.165, 1.54) is 0 Å². The molecule has 0 aliphatic heterocycles. The van der Waals surface area contributed by atoms with E-state index in [1.807, 2.05) is 66.9 Å². The van der Waals surface area contributed by atoms with Crippen molar-refractivity contribution in [3.8, 4) is 22.0 Å². The van der Waals surface area contributed by atoms with Crippen LogP contribution in [0.4, 0.5) is 5.69 Å². The lowest BCUT2D eigenvalue weighted by atomic mass is 10.2. The minimum atomic E-state index is -0.0959. The fourth-order valence-electron chi connectivity index (χ4n) is 2.65. The highest BCUT2D eigenvalue weighted by Crippen LogP contribution is 2.24. The monoisotopic (exact) mass is 375 g/mol. The molecule has 2 N–H and O–H groups in total. The molecule has 0 saturated heterocycles. The molecule has 134 valence electrons. The summed E-state index contributed by atoms with van der Waals surface area (Å²) in [4.78, 5) is 21.2. The normalized spacial score (nSPS) is 10.7. The van der Waals surface area contributed by atoms with Crippen LogP contribution in [-0.4, -0.2) is 26.1 Å². The number of benzene rings is 2. The van der Waals surface area contributed by atoms with Crippen molar-refractivity contribution in [3.05, 3.63) is 71.5 Å². The first-order valence-corrected chi connectivity index (χ1v) is 9.34. The first-order valence-electron chi connectivity index (χ1n) is 8.46. The highest BCUT2D eigenvalue weighted by Gasteiger charge is 2.10. The molecular weight excluding hydrogens is 358 g/mol. The Morgan fingerprint density at radius 1 is 1.04 bits per heavy atom. The van der Waals surface area contributed by atoms with Crippen molar-refractivity contribution < 1.29 is 4.79 Å². The molecule has 0 spiro atoms. The molecule has 7 heteroatoms. The van der Waals surface area contributed by atoms with Gasteiger partial charge in [0, 0.05) is 22.2 Å². The maximum Gasteiger partial charge on any atom is 0.230 e. The lowest BCUT2D eigenvalue weighted by molar-refractivity contribution is -0.115. The Morgan fingerprint density at radius 2 is 1.81 bits per heavy atom. The van der Waals surface area contributed by atoms with E-state index >= 15 is 0 Å². The predicted molar refractivity (Wildman–Crippen MR) is 106 cm³/mol. The number of hydrogen-bond acceptors (Lipinski definition) is 5. The van der Waals surface area contributed by atoms with Gasteiger partial charge in [0.25, 0.3) is 0 Å². The van der Waals surface area contributed by atoms with Crippen LogP contribution in [0.15, 0.2) is 60.0 Å². The summed E-state index contributed by atoms with van der Waals surface area (Å²) in [6, 6.07) is 17.4. The van der Waals surface area contributed by atoms with Gasteiger partial charge in [0.15, 0.2) is 5.82 Å². The second-order valence-corrected chi connectivity index (χ2v) is 6.91. The molecule has 0 bridgehead atoms. The highest BCUT2D eigenvalue weighted by atomic mass is 32.1. The summed E-state index contributed by atoms with van der Waals surface area (Å²) >= 11 is 1.54. The standard InChI is InChI=1S/C20H17N5OS/c1-13-21-19(25-24-13)14-7-9-16(10-8-14)22-18(26)11-17-12-27-20(23-17)15-5-3-2-4-6-15/h2-10,12H,11H2,1H3,(H,22,26)(H,21,24,25). The van der Waals surface area contributed by atoms with Gasteiger partial charge in [0.1, 0.15) is 10.8 Å². The van der Waals surface area contributed by atoms with Crippen molar-refractivity contribution in [1.82, 2.24) is 20.2 Å². The van der Waals surface area contributed by atoms with Gasteiger partial charge in [0.2, 0.25) is 5.91 Å². The molecular formula is C20H17N5OS. The highest BCUT2D eigenvalue weighted by molar-refractivity contribution is 7.13. The Kier molecular flexibility index (Phi) is 4.76. The van der Waals surface area contributed by atoms with E-state index in [0.717, 1.165) is 33.3 Å². The van der Waals surface area contributed by atoms with Gasteiger partial charge in [-0.05, 0) is 31.2 Å². The number of rotatable bonds is 5. The number of aromatic amines is 1. The number of aromatic nitrogens is 4. The minimum absolute atomic E-state index is 0.0959. The van der Waals surface area contributed by atoms with Gasteiger partial charge in [-0.15, -0.1) is 11.3 Å². The molecule has 0 unspecified atom stereocenters. The zero-order valence-electron chi connectivity index (χ0n) is 14.6. The summed E-state index contributed by atoms with van der Waals surface area (Å²) in [5.41, 5.74) is 3.45. The fourth-order valence-corrected chi connectivity index (χ4v) is 3.47. The van der Waals surface area contributed by atoms with E-state index in [9.17, 15) is 4.79 Å². The lowest BCUT2D eigenvalue weighted by Crippen LogP contribution is -2.14. The van der Waals surface area contributed by atoms with Crippen LogP contribution in [0, 0.1) is 6.92 Å². The largest absolute Gasteiger partial charge is 0.326 e. The summed E-state index contributed by atoms with van der Waals surface area (Å²) in [5, 5.41) is 12.7. The van der Waals surface area contributed by atoms with Gasteiger partial charge in [-0.2, -0.15) is 5.10 Å². The van der Waals surface area contributed by atoms with Gasteiger partial charge in [-0.25, -0.2) is 9.97 Å². The van der Waals surface area contributed by atoms with Gasteiger partial charge in [0.05, 0.1) is 12.1 Å². The molecule has 6 nitrogen and oxygen atoms in total. The first kappa shape index (κ1) is 17.1. The van der Waals surface area contributed by atoms with Crippen LogP contribution >= 0.6 is 11.3 Å². The zero-order valence-corrected chi connectivity index (χ0v) is 15.5. The number of thiazole rings is 1. The number of aryl methyl sites for hydroxylation is 1. The Balaban J connectivity index is 1.39. The third kappa shape index (κ3) is 4.09. The van der Waals surface area contributed by atoms with Crippen LogP contribution in [0.2, 0.25) is 0 Å². The quantitative estimate of drug-likeness (QED) is 0.550. The second kappa shape index (κ2) is 7.51. The topological polar surface area (TPSA) is 83.6 Å². The third-order valence-electron chi connectivity index (χ3n) is 3.94. The molecule has 2 heterocycles. The zero-order chi connectivity index (χ0) is 18.6. The van der Waals surface area contributed by atoms with Crippen LogP contribution in [-0.2, 0) is 11.2 Å². The van der Waals surface area contributed by atoms with Crippen molar-refractivity contribution in [2.75, 3.05) is 5.32 Å². The number of amides is 1. The van der Waals surface area contributed by atoms with Crippen molar-refractivity contribution >= 4 is 22.9 Å². The molecule has 0 radical (unpaired) electrons. The van der Waals surface area contributed by atoms with Gasteiger partial charge in [-0.1, -0.05) is 30.3 Å². The van der Waals surface area contributed by atoms with Crippen LogP contribution < -0.4 is 5.32 Å². The minimum Gasteiger partial charge on any atom is -0.326 e. The maximum atomic E-state index is 12.3. The number of anilines is 1. The molecule has 0 aliphatic rings. The SMILES string of the molecule is Cc1nc(-c2ccc(NC(=O)Cc3csc(-c4ccccc4)n3)cc2)n[nH]1. The maximum absolute atomic E-state index is 12.3. The predicted octanol–water partition coefficient (Wildman–Crippen LogP) is 4.08. The number of hydrogen-bond donors (Lipinski definition) is 2. The Hall–Kier alpha value is -3.32. The number of nitrogens with zero attached hydrogens (tertiary/aromatic N) is 3. The fraction of sp³-hybridized carbons (Fsp3) is 0.100. The van der Waals surface area contributed by atoms with Gasteiger partial charge < -0.3 is 5.32 Å². The molecule has 4 aromatic rings. The molecule has 0 aliphatic carbocycles. The van der Waals surface area contributed by atoms with Crippen molar-refractivity contribution in [2.24, 2.45) is 0 Å². The van der Waals surface area contributed by atoms with Gasteiger partial charge >= 0.3 is 0 Å². The smallest absolute Gasteiger partial charge is 0.230 e. The second-order valence-electron chi connectivity index (χ2n) is 6.06. The Bertz CT molecular complexity index is 1050. The number of carbonyl (C=O) groups is 1. The van der Waals surface area contributed by atoms with E-state index < -0.39 is 0 Å². The molecule has 0 atom stereocenters. The van der Waals surface area contributed by atoms with Crippen LogP contribution in [0.5, 0.6) is 0 Å². The van der Waals surface area contributed by atoms with E-state index in [1.54, 1.807) is 11.3 Å². The number of H-pyrrole nitrogens is 1.